The number of benzene rings is 1. The normalized spacial score (nSPS) is 16.2. The van der Waals surface area contributed by atoms with Crippen LogP contribution < -0.4 is 10.6 Å². The average molecular weight is 341 g/mol. The van der Waals surface area contributed by atoms with E-state index in [9.17, 15) is 0 Å². The number of methoxy groups -OCH3 is 1. The summed E-state index contributed by atoms with van der Waals surface area (Å²) in [7, 11) is 1.77. The molecule has 0 spiro atoms. The number of hydrogen-bond acceptors (Lipinski definition) is 3. The van der Waals surface area contributed by atoms with Gasteiger partial charge >= 0.3 is 0 Å². The first-order valence-electron chi connectivity index (χ1n) is 7.41. The number of halogens is 1. The molecule has 1 saturated carbocycles. The van der Waals surface area contributed by atoms with Gasteiger partial charge in [0.2, 0.25) is 0 Å². The van der Waals surface area contributed by atoms with Crippen molar-refractivity contribution in [2.24, 2.45) is 11.7 Å². The summed E-state index contributed by atoms with van der Waals surface area (Å²) in [6, 6.07) is 7.08. The third-order valence-electron chi connectivity index (χ3n) is 4.10. The van der Waals surface area contributed by atoms with Gasteiger partial charge in [0.25, 0.3) is 0 Å². The largest absolute Gasteiger partial charge is 0.383 e. The van der Waals surface area contributed by atoms with E-state index in [4.69, 9.17) is 10.5 Å². The first-order valence-corrected chi connectivity index (χ1v) is 8.20. The van der Waals surface area contributed by atoms with E-state index < -0.39 is 0 Å². The Hall–Kier alpha value is -0.580. The summed E-state index contributed by atoms with van der Waals surface area (Å²) in [5.41, 5.74) is 8.40. The number of anilines is 1. The molecule has 2 N–H and O–H groups in total. The highest BCUT2D eigenvalue weighted by Gasteiger charge is 2.32. The quantitative estimate of drug-likeness (QED) is 0.789. The molecule has 0 bridgehead atoms. The molecule has 1 fully saturated rings. The summed E-state index contributed by atoms with van der Waals surface area (Å²) in [6.45, 7) is 4.71. The van der Waals surface area contributed by atoms with Crippen molar-refractivity contribution >= 4 is 21.6 Å². The van der Waals surface area contributed by atoms with Gasteiger partial charge in [-0.1, -0.05) is 22.0 Å². The fourth-order valence-electron chi connectivity index (χ4n) is 2.74. The molecule has 0 aliphatic heterocycles. The molecule has 20 heavy (non-hydrogen) atoms. The number of ether oxygens (including phenoxy) is 1. The van der Waals surface area contributed by atoms with Crippen LogP contribution in [-0.2, 0) is 11.2 Å². The summed E-state index contributed by atoms with van der Waals surface area (Å²) in [5.74, 6) is 0.830. The monoisotopic (exact) mass is 340 g/mol. The molecule has 1 aliphatic carbocycles. The molecule has 1 aromatic rings. The molecule has 0 radical (unpaired) electrons. The van der Waals surface area contributed by atoms with Crippen LogP contribution in [0.2, 0.25) is 0 Å². The van der Waals surface area contributed by atoms with Crippen LogP contribution in [0, 0.1) is 5.92 Å². The van der Waals surface area contributed by atoms with E-state index in [1.54, 1.807) is 7.11 Å². The topological polar surface area (TPSA) is 38.5 Å². The van der Waals surface area contributed by atoms with Gasteiger partial charge in [-0.3, -0.25) is 0 Å². The van der Waals surface area contributed by atoms with E-state index in [0.29, 0.717) is 12.6 Å². The van der Waals surface area contributed by atoms with E-state index in [-0.39, 0.29) is 0 Å². The second kappa shape index (κ2) is 7.43. The summed E-state index contributed by atoms with van der Waals surface area (Å²) >= 11 is 3.60. The maximum absolute atomic E-state index is 5.76. The molecule has 1 atom stereocenters. The Balaban J connectivity index is 2.27. The Morgan fingerprint density at radius 2 is 2.20 bits per heavy atom. The molecular weight excluding hydrogens is 316 g/mol. The van der Waals surface area contributed by atoms with Crippen LogP contribution in [0.3, 0.4) is 0 Å². The minimum Gasteiger partial charge on any atom is -0.383 e. The maximum Gasteiger partial charge on any atom is 0.0637 e. The maximum atomic E-state index is 5.76. The minimum atomic E-state index is 0.566. The highest BCUT2D eigenvalue weighted by molar-refractivity contribution is 9.10. The summed E-state index contributed by atoms with van der Waals surface area (Å²) < 4.78 is 6.42. The van der Waals surface area contributed by atoms with Crippen molar-refractivity contribution in [2.75, 3.05) is 31.7 Å². The number of hydrogen-bond donors (Lipinski definition) is 1. The van der Waals surface area contributed by atoms with Gasteiger partial charge in [0.15, 0.2) is 0 Å². The van der Waals surface area contributed by atoms with Crippen LogP contribution in [-0.4, -0.2) is 32.8 Å². The van der Waals surface area contributed by atoms with Crippen molar-refractivity contribution in [1.82, 2.24) is 0 Å². The Morgan fingerprint density at radius 3 is 2.80 bits per heavy atom. The van der Waals surface area contributed by atoms with Gasteiger partial charge in [0.1, 0.15) is 0 Å². The zero-order valence-electron chi connectivity index (χ0n) is 12.4. The zero-order chi connectivity index (χ0) is 14.5. The smallest absolute Gasteiger partial charge is 0.0637 e. The summed E-state index contributed by atoms with van der Waals surface area (Å²) in [5, 5.41) is 0. The standard InChI is InChI=1S/C16H25BrN2O/c1-12(13-3-4-13)19(9-10-20-2)16-11-15(17)6-5-14(16)7-8-18/h5-6,11-13H,3-4,7-10,18H2,1-2H3. The van der Waals surface area contributed by atoms with Gasteiger partial charge in [-0.15, -0.1) is 0 Å². The van der Waals surface area contributed by atoms with Crippen LogP contribution >= 0.6 is 15.9 Å². The van der Waals surface area contributed by atoms with Crippen LogP contribution in [0.1, 0.15) is 25.3 Å². The predicted molar refractivity (Wildman–Crippen MR) is 88.3 cm³/mol. The van der Waals surface area contributed by atoms with Gasteiger partial charge in [-0.05, 0) is 56.3 Å². The van der Waals surface area contributed by atoms with Crippen molar-refractivity contribution in [1.29, 1.82) is 0 Å². The molecule has 1 unspecified atom stereocenters. The van der Waals surface area contributed by atoms with Crippen molar-refractivity contribution in [2.45, 2.75) is 32.2 Å². The Labute approximate surface area is 130 Å². The van der Waals surface area contributed by atoms with E-state index in [2.05, 4.69) is 46.0 Å². The van der Waals surface area contributed by atoms with Crippen molar-refractivity contribution in [3.05, 3.63) is 28.2 Å². The van der Waals surface area contributed by atoms with Crippen LogP contribution in [0.25, 0.3) is 0 Å². The van der Waals surface area contributed by atoms with Crippen molar-refractivity contribution in [3.63, 3.8) is 0 Å². The van der Waals surface area contributed by atoms with Gasteiger partial charge in [-0.2, -0.15) is 0 Å². The number of nitrogens with two attached hydrogens (primary N) is 1. The van der Waals surface area contributed by atoms with E-state index in [0.717, 1.165) is 30.0 Å². The Kier molecular flexibility index (Phi) is 5.87. The molecule has 1 aliphatic rings. The molecule has 0 aromatic heterocycles. The Morgan fingerprint density at radius 1 is 1.45 bits per heavy atom. The number of rotatable bonds is 8. The molecule has 4 heteroatoms. The molecule has 0 heterocycles. The fraction of sp³-hybridized carbons (Fsp3) is 0.625. The van der Waals surface area contributed by atoms with Gasteiger partial charge in [0, 0.05) is 29.9 Å². The molecule has 112 valence electrons. The van der Waals surface area contributed by atoms with Crippen LogP contribution in [0.15, 0.2) is 22.7 Å². The first kappa shape index (κ1) is 15.8. The lowest BCUT2D eigenvalue weighted by Gasteiger charge is -2.33. The molecule has 1 aromatic carbocycles. The molecular formula is C16H25BrN2O. The lowest BCUT2D eigenvalue weighted by Crippen LogP contribution is -2.38. The van der Waals surface area contributed by atoms with Gasteiger partial charge in [-0.25, -0.2) is 0 Å². The molecule has 0 saturated heterocycles. The lowest BCUT2D eigenvalue weighted by molar-refractivity contribution is 0.202. The molecule has 0 amide bonds. The van der Waals surface area contributed by atoms with Crippen molar-refractivity contribution in [3.8, 4) is 0 Å². The summed E-state index contributed by atoms with van der Waals surface area (Å²) in [4.78, 5) is 2.50. The third kappa shape index (κ3) is 3.96. The first-order chi connectivity index (χ1) is 9.67. The SMILES string of the molecule is COCCN(c1cc(Br)ccc1CCN)C(C)C1CC1. The second-order valence-electron chi connectivity index (χ2n) is 5.58. The fourth-order valence-corrected chi connectivity index (χ4v) is 3.09. The third-order valence-corrected chi connectivity index (χ3v) is 4.60. The van der Waals surface area contributed by atoms with Crippen molar-refractivity contribution < 1.29 is 4.74 Å². The van der Waals surface area contributed by atoms with Gasteiger partial charge < -0.3 is 15.4 Å². The average Bonchev–Trinajstić information content (AvgIpc) is 3.26. The lowest BCUT2D eigenvalue weighted by atomic mass is 10.1. The van der Waals surface area contributed by atoms with E-state index in [1.807, 2.05) is 0 Å². The van der Waals surface area contributed by atoms with E-state index in [1.165, 1.54) is 24.1 Å². The highest BCUT2D eigenvalue weighted by atomic mass is 79.9. The zero-order valence-corrected chi connectivity index (χ0v) is 14.0. The summed E-state index contributed by atoms with van der Waals surface area (Å²) in [6.07, 6.45) is 3.62. The minimum absolute atomic E-state index is 0.566. The highest BCUT2D eigenvalue weighted by Crippen LogP contribution is 2.38. The molecule has 3 nitrogen and oxygen atoms in total. The number of nitrogens with zero attached hydrogens (tertiary/aromatic N) is 1. The van der Waals surface area contributed by atoms with Gasteiger partial charge in [0.05, 0.1) is 6.61 Å². The van der Waals surface area contributed by atoms with Crippen LogP contribution in [0.5, 0.6) is 0 Å². The molecule has 2 rings (SSSR count). The van der Waals surface area contributed by atoms with E-state index >= 15 is 0 Å². The van der Waals surface area contributed by atoms with Crippen LogP contribution in [0.4, 0.5) is 5.69 Å². The predicted octanol–water partition coefficient (Wildman–Crippen LogP) is 3.20. The second-order valence-corrected chi connectivity index (χ2v) is 6.49. The Bertz CT molecular complexity index is 434.